The Morgan fingerprint density at radius 2 is 1.77 bits per heavy atom. The highest BCUT2D eigenvalue weighted by Gasteiger charge is 2.19. The van der Waals surface area contributed by atoms with Crippen LogP contribution in [-0.4, -0.2) is 18.5 Å². The van der Waals surface area contributed by atoms with Gasteiger partial charge in [-0.2, -0.15) is 0 Å². The zero-order valence-corrected chi connectivity index (χ0v) is 16.1. The Balaban J connectivity index is 1.80. The van der Waals surface area contributed by atoms with Gasteiger partial charge in [-0.05, 0) is 29.8 Å². The lowest BCUT2D eigenvalue weighted by molar-refractivity contribution is 0.112. The Labute approximate surface area is 171 Å². The van der Waals surface area contributed by atoms with E-state index in [4.69, 9.17) is 13.9 Å². The van der Waals surface area contributed by atoms with Gasteiger partial charge >= 0.3 is 0 Å². The molecule has 6 heteroatoms. The number of phenols is 1. The molecule has 1 N–H and O–H groups in total. The normalized spacial score (nSPS) is 10.7. The largest absolute Gasteiger partial charge is 0.504 e. The topological polar surface area (TPSA) is 86.0 Å². The lowest BCUT2D eigenvalue weighted by atomic mass is 10.1. The van der Waals surface area contributed by atoms with E-state index in [0.29, 0.717) is 23.4 Å². The summed E-state index contributed by atoms with van der Waals surface area (Å²) in [4.78, 5) is 24.4. The van der Waals surface area contributed by atoms with Crippen molar-refractivity contribution < 1.29 is 23.8 Å². The minimum absolute atomic E-state index is 0.00632. The molecule has 150 valence electrons. The summed E-state index contributed by atoms with van der Waals surface area (Å²) in [6.45, 7) is 0.181. The molecule has 6 nitrogen and oxygen atoms in total. The molecular formula is C24H18O6. The average molecular weight is 402 g/mol. The zero-order chi connectivity index (χ0) is 21.1. The van der Waals surface area contributed by atoms with Crippen LogP contribution in [-0.2, 0) is 6.61 Å². The van der Waals surface area contributed by atoms with Crippen molar-refractivity contribution in [2.45, 2.75) is 6.61 Å². The molecule has 4 aromatic rings. The quantitative estimate of drug-likeness (QED) is 0.476. The van der Waals surface area contributed by atoms with Gasteiger partial charge in [0.1, 0.15) is 23.7 Å². The number of fused-ring (bicyclic) bond motifs is 1. The van der Waals surface area contributed by atoms with Crippen LogP contribution in [0.4, 0.5) is 0 Å². The first-order chi connectivity index (χ1) is 14.6. The zero-order valence-electron chi connectivity index (χ0n) is 16.1. The van der Waals surface area contributed by atoms with Gasteiger partial charge < -0.3 is 19.0 Å². The van der Waals surface area contributed by atoms with Crippen molar-refractivity contribution in [3.8, 4) is 28.6 Å². The van der Waals surface area contributed by atoms with E-state index < -0.39 is 11.2 Å². The number of benzene rings is 3. The predicted octanol–water partition coefficient (Wildman–Crippen LogP) is 4.57. The van der Waals surface area contributed by atoms with E-state index >= 15 is 0 Å². The van der Waals surface area contributed by atoms with Gasteiger partial charge in [0.2, 0.25) is 0 Å². The van der Waals surface area contributed by atoms with Crippen molar-refractivity contribution in [2.24, 2.45) is 0 Å². The molecule has 4 rings (SSSR count). The minimum atomic E-state index is -0.436. The van der Waals surface area contributed by atoms with Crippen molar-refractivity contribution in [1.82, 2.24) is 0 Å². The molecule has 0 radical (unpaired) electrons. The number of aromatic hydroxyl groups is 1. The Morgan fingerprint density at radius 3 is 2.43 bits per heavy atom. The third-order valence-corrected chi connectivity index (χ3v) is 4.72. The fourth-order valence-corrected chi connectivity index (χ4v) is 3.17. The SMILES string of the molecule is COc1ccc(-c2cc(=O)c3c(C=O)c(O)c(OCc4ccccc4)cc3o2)cc1. The standard InChI is InChI=1S/C24H18O6/c1-28-17-9-7-16(8-10-17)20-11-19(26)23-18(13-25)24(27)22(12-21(23)30-20)29-14-15-5-3-2-4-6-15/h2-13,27H,14H2,1H3. The summed E-state index contributed by atoms with van der Waals surface area (Å²) in [5.74, 6) is 0.666. The number of hydrogen-bond acceptors (Lipinski definition) is 6. The maximum Gasteiger partial charge on any atom is 0.194 e. The third-order valence-electron chi connectivity index (χ3n) is 4.72. The van der Waals surface area contributed by atoms with Crippen molar-refractivity contribution in [3.05, 3.63) is 88.1 Å². The monoisotopic (exact) mass is 402 g/mol. The summed E-state index contributed by atoms with van der Waals surface area (Å²) in [6, 6.07) is 19.1. The number of carbonyl (C=O) groups excluding carboxylic acids is 1. The van der Waals surface area contributed by atoms with Crippen LogP contribution in [0, 0.1) is 0 Å². The van der Waals surface area contributed by atoms with Crippen molar-refractivity contribution >= 4 is 17.3 Å². The van der Waals surface area contributed by atoms with Gasteiger partial charge in [0.15, 0.2) is 23.2 Å². The van der Waals surface area contributed by atoms with Crippen LogP contribution in [0.1, 0.15) is 15.9 Å². The molecule has 0 spiro atoms. The van der Waals surface area contributed by atoms with Gasteiger partial charge in [0.25, 0.3) is 0 Å². The Bertz CT molecular complexity index is 1260. The minimum Gasteiger partial charge on any atom is -0.504 e. The second-order valence-corrected chi connectivity index (χ2v) is 6.61. The van der Waals surface area contributed by atoms with Crippen molar-refractivity contribution in [2.75, 3.05) is 7.11 Å². The molecule has 30 heavy (non-hydrogen) atoms. The van der Waals surface area contributed by atoms with Crippen LogP contribution in [0.25, 0.3) is 22.3 Å². The Hall–Kier alpha value is -4.06. The van der Waals surface area contributed by atoms with E-state index in [-0.39, 0.29) is 28.9 Å². The summed E-state index contributed by atoms with van der Waals surface area (Å²) >= 11 is 0. The molecule has 0 aliphatic carbocycles. The summed E-state index contributed by atoms with van der Waals surface area (Å²) in [5.41, 5.74) is 1.11. The third kappa shape index (κ3) is 3.63. The number of methoxy groups -OCH3 is 1. The summed E-state index contributed by atoms with van der Waals surface area (Å²) in [7, 11) is 1.57. The van der Waals surface area contributed by atoms with Gasteiger partial charge in [-0.3, -0.25) is 9.59 Å². The van der Waals surface area contributed by atoms with E-state index in [1.54, 1.807) is 31.4 Å². The molecule has 0 bridgehead atoms. The second-order valence-electron chi connectivity index (χ2n) is 6.61. The number of carbonyl (C=O) groups is 1. The highest BCUT2D eigenvalue weighted by Crippen LogP contribution is 2.36. The van der Waals surface area contributed by atoms with E-state index in [1.165, 1.54) is 12.1 Å². The number of ether oxygens (including phenoxy) is 2. The molecular weight excluding hydrogens is 384 g/mol. The Kier molecular flexibility index (Phi) is 5.22. The van der Waals surface area contributed by atoms with Gasteiger partial charge in [0, 0.05) is 17.7 Å². The summed E-state index contributed by atoms with van der Waals surface area (Å²) < 4.78 is 16.7. The molecule has 0 saturated heterocycles. The smallest absolute Gasteiger partial charge is 0.194 e. The van der Waals surface area contributed by atoms with Gasteiger partial charge in [-0.15, -0.1) is 0 Å². The van der Waals surface area contributed by atoms with Gasteiger partial charge in [0.05, 0.1) is 18.1 Å². The fraction of sp³-hybridized carbons (Fsp3) is 0.0833. The second kappa shape index (κ2) is 8.13. The van der Waals surface area contributed by atoms with Crippen molar-refractivity contribution in [3.63, 3.8) is 0 Å². The fourth-order valence-electron chi connectivity index (χ4n) is 3.17. The maximum absolute atomic E-state index is 12.7. The van der Waals surface area contributed by atoms with Crippen LogP contribution in [0.15, 0.2) is 75.9 Å². The molecule has 0 saturated carbocycles. The van der Waals surface area contributed by atoms with Crippen LogP contribution < -0.4 is 14.9 Å². The molecule has 0 aliphatic heterocycles. The van der Waals surface area contributed by atoms with Crippen LogP contribution in [0.3, 0.4) is 0 Å². The number of hydrogen-bond donors (Lipinski definition) is 1. The first kappa shape index (κ1) is 19.3. The molecule has 0 amide bonds. The first-order valence-corrected chi connectivity index (χ1v) is 9.21. The molecule has 1 aromatic heterocycles. The number of rotatable bonds is 6. The lowest BCUT2D eigenvalue weighted by Gasteiger charge is -2.12. The average Bonchev–Trinajstić information content (AvgIpc) is 2.78. The van der Waals surface area contributed by atoms with Crippen molar-refractivity contribution in [1.29, 1.82) is 0 Å². The van der Waals surface area contributed by atoms with Crippen LogP contribution >= 0.6 is 0 Å². The highest BCUT2D eigenvalue weighted by atomic mass is 16.5. The highest BCUT2D eigenvalue weighted by molar-refractivity contribution is 6.00. The first-order valence-electron chi connectivity index (χ1n) is 9.21. The van der Waals surface area contributed by atoms with E-state index in [0.717, 1.165) is 5.56 Å². The molecule has 0 fully saturated rings. The number of aldehydes is 1. The van der Waals surface area contributed by atoms with Crippen LogP contribution in [0.2, 0.25) is 0 Å². The van der Waals surface area contributed by atoms with E-state index in [9.17, 15) is 14.7 Å². The maximum atomic E-state index is 12.7. The molecule has 3 aromatic carbocycles. The molecule has 1 heterocycles. The lowest BCUT2D eigenvalue weighted by Crippen LogP contribution is -2.05. The molecule has 0 atom stereocenters. The molecule has 0 unspecified atom stereocenters. The predicted molar refractivity (Wildman–Crippen MR) is 112 cm³/mol. The van der Waals surface area contributed by atoms with Gasteiger partial charge in [-0.25, -0.2) is 0 Å². The summed E-state index contributed by atoms with van der Waals surface area (Å²) in [6.07, 6.45) is 0.428. The van der Waals surface area contributed by atoms with Gasteiger partial charge in [-0.1, -0.05) is 30.3 Å². The van der Waals surface area contributed by atoms with Crippen LogP contribution in [0.5, 0.6) is 17.2 Å². The van der Waals surface area contributed by atoms with E-state index in [2.05, 4.69) is 0 Å². The summed E-state index contributed by atoms with van der Waals surface area (Å²) in [5, 5.41) is 10.5. The molecule has 0 aliphatic rings. The number of phenolic OH excluding ortho intramolecular Hbond substituents is 1. The Morgan fingerprint density at radius 1 is 1.03 bits per heavy atom. The van der Waals surface area contributed by atoms with E-state index in [1.807, 2.05) is 30.3 Å².